The number of benzene rings is 2. The van der Waals surface area contributed by atoms with Crippen molar-refractivity contribution in [2.45, 2.75) is 43.3 Å². The molecule has 2 unspecified atom stereocenters. The molecule has 0 amide bonds. The number of aliphatic hydroxyl groups excluding tert-OH is 2. The molecular weight excluding hydrogens is 540 g/mol. The number of aliphatic hydroxyl groups is 2. The topological polar surface area (TPSA) is 88.0 Å². The van der Waals surface area contributed by atoms with E-state index in [1.54, 1.807) is 0 Å². The van der Waals surface area contributed by atoms with Crippen LogP contribution < -0.4 is 0 Å². The number of alkyl halides is 12. The lowest BCUT2D eigenvalue weighted by atomic mass is 9.90. The maximum Gasteiger partial charge on any atom is 0.417 e. The van der Waals surface area contributed by atoms with Gasteiger partial charge in [0, 0.05) is 6.42 Å². The molecule has 0 aliphatic carbocycles. The number of nitrogens with zero attached hydrogens (tertiary/aromatic N) is 2. The van der Waals surface area contributed by atoms with Crippen LogP contribution in [0.25, 0.3) is 0 Å². The predicted molar refractivity (Wildman–Crippen MR) is 96.9 cm³/mol. The summed E-state index contributed by atoms with van der Waals surface area (Å²) in [6.07, 6.45) is -28.5. The second-order valence-electron chi connectivity index (χ2n) is 7.46. The van der Waals surface area contributed by atoms with Gasteiger partial charge in [-0.2, -0.15) is 63.2 Å². The van der Waals surface area contributed by atoms with Gasteiger partial charge in [0.1, 0.15) is 12.1 Å². The Morgan fingerprint density at radius 3 is 0.919 bits per heavy atom. The molecule has 0 radical (unpaired) electrons. The Morgan fingerprint density at radius 2 is 0.757 bits per heavy atom. The zero-order chi connectivity index (χ0) is 28.7. The van der Waals surface area contributed by atoms with Crippen molar-refractivity contribution in [3.8, 4) is 12.1 Å². The minimum Gasteiger partial charge on any atom is -0.388 e. The highest BCUT2D eigenvalue weighted by atomic mass is 19.4. The van der Waals surface area contributed by atoms with E-state index in [0.29, 0.717) is 0 Å². The van der Waals surface area contributed by atoms with Crippen molar-refractivity contribution in [3.63, 3.8) is 0 Å². The van der Waals surface area contributed by atoms with Gasteiger partial charge in [-0.05, 0) is 35.4 Å². The maximum absolute atomic E-state index is 13.3. The first-order valence-corrected chi connectivity index (χ1v) is 9.43. The number of rotatable bonds is 4. The summed E-state index contributed by atoms with van der Waals surface area (Å²) in [5.74, 6) is 0. The van der Waals surface area contributed by atoms with Crippen LogP contribution in [0.3, 0.4) is 0 Å². The zero-order valence-corrected chi connectivity index (χ0v) is 17.5. The third-order valence-corrected chi connectivity index (χ3v) is 4.98. The van der Waals surface area contributed by atoms with E-state index in [1.807, 2.05) is 0 Å². The van der Waals surface area contributed by atoms with Gasteiger partial charge in [-0.3, -0.25) is 0 Å². The average Bonchev–Trinajstić information content (AvgIpc) is 2.74. The van der Waals surface area contributed by atoms with E-state index < -0.39 is 87.8 Å². The molecule has 0 fully saturated rings. The van der Waals surface area contributed by atoms with Crippen LogP contribution in [0.15, 0.2) is 24.3 Å². The van der Waals surface area contributed by atoms with Crippen LogP contribution in [-0.2, 0) is 24.7 Å². The quantitative estimate of drug-likeness (QED) is 0.417. The van der Waals surface area contributed by atoms with Gasteiger partial charge < -0.3 is 10.2 Å². The Labute approximate surface area is 198 Å². The van der Waals surface area contributed by atoms with Crippen LogP contribution in [0.4, 0.5) is 52.7 Å². The van der Waals surface area contributed by atoms with E-state index in [2.05, 4.69) is 0 Å². The SMILES string of the molecule is N#Cc1c(C(F)(F)F)cc(C(O)CC(O)c2cc(C(F)(F)F)c(C#N)c(C(F)(F)F)c2)cc1C(F)(F)F. The molecule has 0 saturated carbocycles. The summed E-state index contributed by atoms with van der Waals surface area (Å²) in [5, 5.41) is 38.0. The summed E-state index contributed by atoms with van der Waals surface area (Å²) < 4.78 is 159. The third kappa shape index (κ3) is 6.44. The molecule has 200 valence electrons. The van der Waals surface area contributed by atoms with Crippen molar-refractivity contribution in [1.82, 2.24) is 0 Å². The predicted octanol–water partition coefficient (Wildman–Crippen LogP) is 6.66. The summed E-state index contributed by atoms with van der Waals surface area (Å²) >= 11 is 0. The molecule has 0 aliphatic heterocycles. The second-order valence-corrected chi connectivity index (χ2v) is 7.46. The van der Waals surface area contributed by atoms with Gasteiger partial charge in [0.15, 0.2) is 0 Å². The lowest BCUT2D eigenvalue weighted by Gasteiger charge is -2.22. The molecule has 2 aromatic carbocycles. The van der Waals surface area contributed by atoms with Crippen LogP contribution >= 0.6 is 0 Å². The monoisotopic (exact) mass is 550 g/mol. The lowest BCUT2D eigenvalue weighted by Crippen LogP contribution is -2.18. The van der Waals surface area contributed by atoms with Gasteiger partial charge in [-0.25, -0.2) is 0 Å². The molecule has 2 aromatic rings. The van der Waals surface area contributed by atoms with Crippen molar-refractivity contribution < 1.29 is 62.9 Å². The number of halogens is 12. The number of nitriles is 2. The van der Waals surface area contributed by atoms with Crippen molar-refractivity contribution in [2.75, 3.05) is 0 Å². The Hall–Kier alpha value is -3.50. The number of hydrogen-bond acceptors (Lipinski definition) is 4. The molecule has 4 nitrogen and oxygen atoms in total. The van der Waals surface area contributed by atoms with Gasteiger partial charge in [0.25, 0.3) is 0 Å². The van der Waals surface area contributed by atoms with Crippen LogP contribution in [-0.4, -0.2) is 10.2 Å². The molecular formula is C21H10F12N2O2. The zero-order valence-electron chi connectivity index (χ0n) is 17.5. The molecule has 37 heavy (non-hydrogen) atoms. The first-order valence-electron chi connectivity index (χ1n) is 9.43. The van der Waals surface area contributed by atoms with E-state index in [9.17, 15) is 62.9 Å². The average molecular weight is 550 g/mol. The normalized spacial score (nSPS) is 14.6. The third-order valence-electron chi connectivity index (χ3n) is 4.98. The summed E-state index contributed by atoms with van der Waals surface area (Å²) in [4.78, 5) is 0. The minimum atomic E-state index is -5.53. The molecule has 2 rings (SSSR count). The van der Waals surface area contributed by atoms with Crippen molar-refractivity contribution in [1.29, 1.82) is 10.5 Å². The number of hydrogen-bond donors (Lipinski definition) is 2. The van der Waals surface area contributed by atoms with Crippen LogP contribution in [0.2, 0.25) is 0 Å². The van der Waals surface area contributed by atoms with Crippen molar-refractivity contribution >= 4 is 0 Å². The fourth-order valence-electron chi connectivity index (χ4n) is 3.33. The first kappa shape index (κ1) is 29.7. The fourth-order valence-corrected chi connectivity index (χ4v) is 3.33. The van der Waals surface area contributed by atoms with Crippen LogP contribution in [0, 0.1) is 22.7 Å². The molecule has 2 N–H and O–H groups in total. The minimum absolute atomic E-state index is 0.0632. The smallest absolute Gasteiger partial charge is 0.388 e. The Bertz CT molecular complexity index is 1090. The highest BCUT2D eigenvalue weighted by Crippen LogP contribution is 2.44. The largest absolute Gasteiger partial charge is 0.417 e. The van der Waals surface area contributed by atoms with Gasteiger partial charge >= 0.3 is 24.7 Å². The van der Waals surface area contributed by atoms with E-state index in [4.69, 9.17) is 10.5 Å². The molecule has 0 aromatic heterocycles. The summed E-state index contributed by atoms with van der Waals surface area (Å²) in [6, 6.07) is 1.25. The highest BCUT2D eigenvalue weighted by Gasteiger charge is 2.44. The van der Waals surface area contributed by atoms with Gasteiger partial charge in [-0.1, -0.05) is 0 Å². The standard InChI is InChI=1S/C21H10F12N2O2/c22-18(23,24)12-1-8(2-13(10(12)6-34)19(25,26)27)16(36)5-17(37)9-3-14(20(28,29)30)11(7-35)15(4-9)21(31,32)33/h1-4,16-17,36-37H,5H2. The van der Waals surface area contributed by atoms with Gasteiger partial charge in [-0.15, -0.1) is 0 Å². The summed E-state index contributed by atoms with van der Waals surface area (Å²) in [5.41, 5.74) is -14.5. The van der Waals surface area contributed by atoms with E-state index >= 15 is 0 Å². The summed E-state index contributed by atoms with van der Waals surface area (Å²) in [6.45, 7) is 0. The Kier molecular flexibility index (Phi) is 7.84. The first-order chi connectivity index (χ1) is 16.6. The van der Waals surface area contributed by atoms with E-state index in [1.165, 1.54) is 0 Å². The fraction of sp³-hybridized carbons (Fsp3) is 0.333. The molecule has 2 atom stereocenters. The molecule has 16 heteroatoms. The van der Waals surface area contributed by atoms with Gasteiger partial charge in [0.05, 0.1) is 45.6 Å². The maximum atomic E-state index is 13.3. The molecule has 0 bridgehead atoms. The van der Waals surface area contributed by atoms with Gasteiger partial charge in [0.2, 0.25) is 0 Å². The Balaban J connectivity index is 2.64. The van der Waals surface area contributed by atoms with Crippen molar-refractivity contribution in [2.24, 2.45) is 0 Å². The molecule has 0 aliphatic rings. The molecule has 0 saturated heterocycles. The Morgan fingerprint density at radius 1 is 0.541 bits per heavy atom. The second kappa shape index (κ2) is 9.75. The lowest BCUT2D eigenvalue weighted by molar-refractivity contribution is -0.145. The van der Waals surface area contributed by atoms with Crippen LogP contribution in [0.1, 0.15) is 63.1 Å². The van der Waals surface area contributed by atoms with E-state index in [0.717, 1.165) is 12.1 Å². The molecule has 0 spiro atoms. The highest BCUT2D eigenvalue weighted by molar-refractivity contribution is 5.51. The molecule has 0 heterocycles. The van der Waals surface area contributed by atoms with E-state index in [-0.39, 0.29) is 24.3 Å². The van der Waals surface area contributed by atoms with Crippen molar-refractivity contribution in [3.05, 3.63) is 68.8 Å². The summed E-state index contributed by atoms with van der Waals surface area (Å²) in [7, 11) is 0. The van der Waals surface area contributed by atoms with Crippen LogP contribution in [0.5, 0.6) is 0 Å².